The smallest absolute Gasteiger partial charge is 0.246 e. The Labute approximate surface area is 154 Å². The van der Waals surface area contributed by atoms with Gasteiger partial charge in [-0.1, -0.05) is 6.07 Å². The highest BCUT2D eigenvalue weighted by Crippen LogP contribution is 2.29. The molecule has 0 aromatic heterocycles. The average Bonchev–Trinajstić information content (AvgIpc) is 3.21. The molecule has 1 aromatic rings. The molecular formula is C20H27NO5. The van der Waals surface area contributed by atoms with Gasteiger partial charge >= 0.3 is 0 Å². The third-order valence-electron chi connectivity index (χ3n) is 4.70. The Morgan fingerprint density at radius 1 is 1.27 bits per heavy atom. The van der Waals surface area contributed by atoms with Gasteiger partial charge in [-0.25, -0.2) is 0 Å². The van der Waals surface area contributed by atoms with Crippen LogP contribution in [0.2, 0.25) is 0 Å². The number of hydrogen-bond donors (Lipinski definition) is 0. The van der Waals surface area contributed by atoms with Crippen molar-refractivity contribution in [3.05, 3.63) is 29.8 Å². The van der Waals surface area contributed by atoms with Crippen molar-refractivity contribution in [2.45, 2.75) is 38.5 Å². The summed E-state index contributed by atoms with van der Waals surface area (Å²) in [7, 11) is 1.61. The van der Waals surface area contributed by atoms with Crippen LogP contribution in [0.15, 0.2) is 24.3 Å². The Balaban J connectivity index is 1.69. The van der Waals surface area contributed by atoms with E-state index in [1.165, 1.54) is 0 Å². The van der Waals surface area contributed by atoms with Crippen LogP contribution >= 0.6 is 0 Å². The zero-order valence-electron chi connectivity index (χ0n) is 15.5. The lowest BCUT2D eigenvalue weighted by Crippen LogP contribution is -2.49. The van der Waals surface area contributed by atoms with Crippen molar-refractivity contribution >= 4 is 12.0 Å². The molecule has 0 radical (unpaired) electrons. The SMILES string of the molecule is CCOc1ccc(/C=C/C(=O)N2CCCCC2C2OCCO2)cc1OC. The van der Waals surface area contributed by atoms with Crippen molar-refractivity contribution in [1.82, 2.24) is 4.90 Å². The van der Waals surface area contributed by atoms with Gasteiger partial charge in [-0.3, -0.25) is 4.79 Å². The maximum Gasteiger partial charge on any atom is 0.246 e. The molecule has 0 bridgehead atoms. The van der Waals surface area contributed by atoms with Crippen molar-refractivity contribution < 1.29 is 23.7 Å². The van der Waals surface area contributed by atoms with Crippen molar-refractivity contribution in [1.29, 1.82) is 0 Å². The van der Waals surface area contributed by atoms with Crippen LogP contribution in [0.25, 0.3) is 6.08 Å². The monoisotopic (exact) mass is 361 g/mol. The highest BCUT2D eigenvalue weighted by Gasteiger charge is 2.35. The fourth-order valence-electron chi connectivity index (χ4n) is 3.44. The summed E-state index contributed by atoms with van der Waals surface area (Å²) in [6.45, 7) is 4.45. The fraction of sp³-hybridized carbons (Fsp3) is 0.550. The predicted molar refractivity (Wildman–Crippen MR) is 98.2 cm³/mol. The Kier molecular flexibility index (Phi) is 6.52. The molecule has 2 saturated heterocycles. The molecule has 0 saturated carbocycles. The van der Waals surface area contributed by atoms with Gasteiger partial charge in [-0.15, -0.1) is 0 Å². The molecule has 2 aliphatic rings. The molecule has 0 spiro atoms. The van der Waals surface area contributed by atoms with E-state index in [1.54, 1.807) is 13.2 Å². The maximum atomic E-state index is 12.7. The zero-order valence-corrected chi connectivity index (χ0v) is 15.5. The Hall–Kier alpha value is -2.05. The van der Waals surface area contributed by atoms with Crippen LogP contribution in [0.5, 0.6) is 11.5 Å². The first-order valence-electron chi connectivity index (χ1n) is 9.25. The van der Waals surface area contributed by atoms with Crippen molar-refractivity contribution in [3.63, 3.8) is 0 Å². The number of carbonyl (C=O) groups is 1. The lowest BCUT2D eigenvalue weighted by Gasteiger charge is -2.37. The van der Waals surface area contributed by atoms with E-state index in [-0.39, 0.29) is 18.2 Å². The van der Waals surface area contributed by atoms with Crippen LogP contribution in [0.3, 0.4) is 0 Å². The van der Waals surface area contributed by atoms with Crippen LogP contribution in [0.4, 0.5) is 0 Å². The van der Waals surface area contributed by atoms with E-state index in [2.05, 4.69) is 0 Å². The van der Waals surface area contributed by atoms with Crippen LogP contribution in [0.1, 0.15) is 31.7 Å². The summed E-state index contributed by atoms with van der Waals surface area (Å²) in [6.07, 6.45) is 6.15. The number of hydrogen-bond acceptors (Lipinski definition) is 5. The molecule has 1 amide bonds. The molecular weight excluding hydrogens is 334 g/mol. The molecule has 2 heterocycles. The third kappa shape index (κ3) is 4.37. The van der Waals surface area contributed by atoms with Crippen molar-refractivity contribution in [2.75, 3.05) is 33.5 Å². The van der Waals surface area contributed by atoms with Crippen LogP contribution in [0, 0.1) is 0 Å². The molecule has 0 N–H and O–H groups in total. The van der Waals surface area contributed by atoms with Crippen molar-refractivity contribution in [2.24, 2.45) is 0 Å². The summed E-state index contributed by atoms with van der Waals surface area (Å²) < 4.78 is 22.1. The molecule has 6 nitrogen and oxygen atoms in total. The minimum Gasteiger partial charge on any atom is -0.493 e. The fourth-order valence-corrected chi connectivity index (χ4v) is 3.44. The van der Waals surface area contributed by atoms with E-state index in [0.717, 1.165) is 31.4 Å². The number of piperidine rings is 1. The summed E-state index contributed by atoms with van der Waals surface area (Å²) >= 11 is 0. The number of benzene rings is 1. The van der Waals surface area contributed by atoms with Crippen LogP contribution in [-0.4, -0.2) is 56.6 Å². The normalized spacial score (nSPS) is 21.3. The minimum absolute atomic E-state index is 0.00161. The summed E-state index contributed by atoms with van der Waals surface area (Å²) in [5, 5.41) is 0. The van der Waals surface area contributed by atoms with E-state index >= 15 is 0 Å². The number of nitrogens with zero attached hydrogens (tertiary/aromatic N) is 1. The van der Waals surface area contributed by atoms with Crippen LogP contribution < -0.4 is 9.47 Å². The molecule has 1 aromatic carbocycles. The highest BCUT2D eigenvalue weighted by atomic mass is 16.7. The molecule has 0 aliphatic carbocycles. The molecule has 1 unspecified atom stereocenters. The first-order chi connectivity index (χ1) is 12.7. The van der Waals surface area contributed by atoms with E-state index in [1.807, 2.05) is 36.1 Å². The van der Waals surface area contributed by atoms with E-state index < -0.39 is 0 Å². The van der Waals surface area contributed by atoms with Gasteiger partial charge in [0.1, 0.15) is 0 Å². The van der Waals surface area contributed by atoms with Gasteiger partial charge in [-0.05, 0) is 50.0 Å². The lowest BCUT2D eigenvalue weighted by molar-refractivity contribution is -0.145. The van der Waals surface area contributed by atoms with Gasteiger partial charge < -0.3 is 23.8 Å². The number of amides is 1. The number of carbonyl (C=O) groups excluding carboxylic acids is 1. The average molecular weight is 361 g/mol. The van der Waals surface area contributed by atoms with Crippen molar-refractivity contribution in [3.8, 4) is 11.5 Å². The largest absolute Gasteiger partial charge is 0.493 e. The van der Waals surface area contributed by atoms with E-state index in [4.69, 9.17) is 18.9 Å². The summed E-state index contributed by atoms with van der Waals surface area (Å²) in [6, 6.07) is 5.63. The van der Waals surface area contributed by atoms with Gasteiger partial charge in [0, 0.05) is 12.6 Å². The maximum absolute atomic E-state index is 12.7. The second-order valence-electron chi connectivity index (χ2n) is 6.38. The Morgan fingerprint density at radius 2 is 2.08 bits per heavy atom. The predicted octanol–water partition coefficient (Wildman–Crippen LogP) is 2.86. The lowest BCUT2D eigenvalue weighted by atomic mass is 10.0. The number of ether oxygens (including phenoxy) is 4. The molecule has 142 valence electrons. The second-order valence-corrected chi connectivity index (χ2v) is 6.38. The molecule has 2 aliphatic heterocycles. The zero-order chi connectivity index (χ0) is 18.4. The Morgan fingerprint density at radius 3 is 2.81 bits per heavy atom. The van der Waals surface area contributed by atoms with Gasteiger partial charge in [0.05, 0.1) is 33.0 Å². The molecule has 26 heavy (non-hydrogen) atoms. The van der Waals surface area contributed by atoms with E-state index in [0.29, 0.717) is 31.3 Å². The van der Waals surface area contributed by atoms with E-state index in [9.17, 15) is 4.79 Å². The van der Waals surface area contributed by atoms with Gasteiger partial charge in [0.2, 0.25) is 5.91 Å². The van der Waals surface area contributed by atoms with Crippen LogP contribution in [-0.2, 0) is 14.3 Å². The molecule has 2 fully saturated rings. The van der Waals surface area contributed by atoms with Gasteiger partial charge in [0.15, 0.2) is 17.8 Å². The minimum atomic E-state index is -0.293. The second kappa shape index (κ2) is 9.05. The number of rotatable bonds is 6. The van der Waals surface area contributed by atoms with Gasteiger partial charge in [-0.2, -0.15) is 0 Å². The number of methoxy groups -OCH3 is 1. The first-order valence-corrected chi connectivity index (χ1v) is 9.25. The standard InChI is InChI=1S/C20H27NO5/c1-3-24-17-9-7-15(14-18(17)23-2)8-10-19(22)21-11-5-4-6-16(21)20-25-12-13-26-20/h7-10,14,16,20H,3-6,11-13H2,1-2H3/b10-8+. The Bertz CT molecular complexity index is 639. The number of likely N-dealkylation sites (tertiary alicyclic amines) is 1. The quantitative estimate of drug-likeness (QED) is 0.729. The molecule has 3 rings (SSSR count). The molecule has 6 heteroatoms. The highest BCUT2D eigenvalue weighted by molar-refractivity contribution is 5.92. The third-order valence-corrected chi connectivity index (χ3v) is 4.70. The first kappa shape index (κ1) is 18.7. The summed E-state index contributed by atoms with van der Waals surface area (Å²) in [5.74, 6) is 1.34. The van der Waals surface area contributed by atoms with Gasteiger partial charge in [0.25, 0.3) is 0 Å². The summed E-state index contributed by atoms with van der Waals surface area (Å²) in [4.78, 5) is 14.6. The summed E-state index contributed by atoms with van der Waals surface area (Å²) in [5.41, 5.74) is 0.889. The topological polar surface area (TPSA) is 57.2 Å². The molecule has 1 atom stereocenters.